The smallest absolute Gasteiger partial charge is 0.480 e. The van der Waals surface area contributed by atoms with Gasteiger partial charge in [-0.1, -0.05) is 0 Å². The Morgan fingerprint density at radius 1 is 1.40 bits per heavy atom. The predicted octanol–water partition coefficient (Wildman–Crippen LogP) is -1.84. The van der Waals surface area contributed by atoms with Crippen LogP contribution in [0.3, 0.4) is 0 Å². The van der Waals surface area contributed by atoms with Crippen LogP contribution in [0, 0.1) is 0 Å². The first-order chi connectivity index (χ1) is 6.22. The van der Waals surface area contributed by atoms with Crippen molar-refractivity contribution < 1.29 is 44.3 Å². The van der Waals surface area contributed by atoms with Gasteiger partial charge in [0.2, 0.25) is 6.41 Å². The second-order valence-electron chi connectivity index (χ2n) is 4.41. The van der Waals surface area contributed by atoms with E-state index in [0.29, 0.717) is 6.41 Å². The zero-order chi connectivity index (χ0) is 11.1. The number of aliphatic carboxylic acids is 1. The quantitative estimate of drug-likeness (QED) is 0.455. The van der Waals surface area contributed by atoms with Crippen molar-refractivity contribution >= 4 is 24.1 Å². The van der Waals surface area contributed by atoms with Crippen LogP contribution in [0.4, 0.5) is 0 Å². The van der Waals surface area contributed by atoms with E-state index in [1.807, 2.05) is 27.7 Å². The van der Waals surface area contributed by atoms with Crippen molar-refractivity contribution in [2.24, 2.45) is 0 Å². The molecule has 1 heterocycles. The van der Waals surface area contributed by atoms with Gasteiger partial charge >= 0.3 is 35.5 Å². The average molecular weight is 240 g/mol. The number of carboxylic acids is 1. The van der Waals surface area contributed by atoms with Crippen LogP contribution in [0.5, 0.6) is 0 Å². The average Bonchev–Trinajstić information content (AvgIpc) is 2.13. The number of nitrogens with zero attached hydrogens (tertiary/aromatic N) is 1. The Morgan fingerprint density at radius 3 is 2.13 bits per heavy atom. The molecule has 0 radical (unpaired) electrons. The van der Waals surface area contributed by atoms with E-state index in [2.05, 4.69) is 0 Å². The molecule has 1 rings (SSSR count). The fraction of sp³-hybridized carbons (Fsp3) is 0.778. The molecule has 6 heteroatoms. The van der Waals surface area contributed by atoms with E-state index in [-0.39, 0.29) is 29.6 Å². The molecular weight excluding hydrogens is 225 g/mol. The van der Waals surface area contributed by atoms with Crippen LogP contribution in [-0.4, -0.2) is 38.0 Å². The van der Waals surface area contributed by atoms with Crippen molar-refractivity contribution in [1.29, 1.82) is 0 Å². The molecule has 1 N–H and O–H groups in total. The van der Waals surface area contributed by atoms with E-state index in [9.17, 15) is 9.59 Å². The Morgan fingerprint density at radius 2 is 1.87 bits per heavy atom. The summed E-state index contributed by atoms with van der Waals surface area (Å²) in [5.74, 6) is -0.944. The van der Waals surface area contributed by atoms with Crippen molar-refractivity contribution in [3.05, 3.63) is 0 Å². The second-order valence-corrected chi connectivity index (χ2v) is 6.66. The summed E-state index contributed by atoms with van der Waals surface area (Å²) in [4.78, 5) is 22.9. The summed E-state index contributed by atoms with van der Waals surface area (Å²) in [5, 5.41) is 9.07. The third-order valence-corrected chi connectivity index (χ3v) is 3.88. The van der Waals surface area contributed by atoms with Gasteiger partial charge in [0.1, 0.15) is 6.04 Å². The number of hydrogen-bond acceptors (Lipinski definition) is 3. The number of rotatable bonds is 2. The molecule has 80 valence electrons. The van der Waals surface area contributed by atoms with Gasteiger partial charge < -0.3 is 10.0 Å². The van der Waals surface area contributed by atoms with E-state index in [1.54, 1.807) is 0 Å². The largest absolute Gasteiger partial charge is 1.00 e. The molecule has 1 aliphatic rings. The summed E-state index contributed by atoms with van der Waals surface area (Å²) in [6.45, 7) is 7.41. The molecule has 1 aliphatic heterocycles. The maximum atomic E-state index is 11.1. The number of hydrogen-bond donors (Lipinski definition) is 1. The van der Waals surface area contributed by atoms with E-state index in [4.69, 9.17) is 5.11 Å². The maximum Gasteiger partial charge on any atom is 1.00 e. The molecule has 0 aromatic heterocycles. The molecule has 1 atom stereocenters. The van der Waals surface area contributed by atoms with Gasteiger partial charge in [-0.2, -0.15) is 0 Å². The van der Waals surface area contributed by atoms with Gasteiger partial charge in [-0.3, -0.25) is 4.79 Å². The number of carbonyl (C=O) groups is 2. The molecule has 0 spiro atoms. The van der Waals surface area contributed by atoms with Gasteiger partial charge in [0, 0.05) is 4.75 Å². The fourth-order valence-corrected chi connectivity index (χ4v) is 3.87. The maximum absolute atomic E-state index is 11.1. The van der Waals surface area contributed by atoms with Crippen molar-refractivity contribution in [2.45, 2.75) is 43.4 Å². The first kappa shape index (κ1) is 15.3. The van der Waals surface area contributed by atoms with Crippen LogP contribution in [-0.2, 0) is 9.59 Å². The zero-order valence-electron chi connectivity index (χ0n) is 9.77. The fourth-order valence-electron chi connectivity index (χ4n) is 2.00. The van der Waals surface area contributed by atoms with Crippen molar-refractivity contribution in [2.75, 3.05) is 0 Å². The van der Waals surface area contributed by atoms with Crippen LogP contribution in [0.15, 0.2) is 0 Å². The minimum atomic E-state index is -0.944. The molecule has 1 saturated heterocycles. The summed E-state index contributed by atoms with van der Waals surface area (Å²) in [7, 11) is 0. The third kappa shape index (κ3) is 2.70. The van der Waals surface area contributed by atoms with Crippen LogP contribution in [0.25, 0.3) is 0 Å². The van der Waals surface area contributed by atoms with E-state index < -0.39 is 21.6 Å². The van der Waals surface area contributed by atoms with E-state index >= 15 is 0 Å². The van der Waals surface area contributed by atoms with Gasteiger partial charge in [-0.25, -0.2) is 4.79 Å². The summed E-state index contributed by atoms with van der Waals surface area (Å²) in [6.07, 6.45) is 0.626. The molecular formula is C9H15NNaO3S+. The third-order valence-electron chi connectivity index (χ3n) is 2.42. The van der Waals surface area contributed by atoms with Gasteiger partial charge in [0.05, 0.1) is 4.87 Å². The number of thioether (sulfide) groups is 1. The topological polar surface area (TPSA) is 57.6 Å². The Kier molecular flexibility index (Phi) is 4.74. The molecule has 0 aromatic rings. The standard InChI is InChI=1S/C9H15NO3S.Na/c1-8(2)6(7(12)13)10(5-11)9(3,4)14-8;/h5-6H,1-4H3,(H,12,13);/q;+1. The summed E-state index contributed by atoms with van der Waals surface area (Å²) < 4.78 is -0.448. The molecule has 1 fully saturated rings. The summed E-state index contributed by atoms with van der Waals surface area (Å²) >= 11 is 1.51. The normalized spacial score (nSPS) is 26.9. The first-order valence-electron chi connectivity index (χ1n) is 4.39. The predicted molar refractivity (Wildman–Crippen MR) is 55.1 cm³/mol. The van der Waals surface area contributed by atoms with Crippen molar-refractivity contribution in [3.8, 4) is 0 Å². The Balaban J connectivity index is 0.00000196. The molecule has 0 aliphatic carbocycles. The van der Waals surface area contributed by atoms with Gasteiger partial charge in [-0.15, -0.1) is 11.8 Å². The minimum absolute atomic E-state index is 0. The molecule has 1 unspecified atom stereocenters. The molecule has 0 aromatic carbocycles. The minimum Gasteiger partial charge on any atom is -0.480 e. The van der Waals surface area contributed by atoms with Crippen LogP contribution < -0.4 is 29.6 Å². The van der Waals surface area contributed by atoms with E-state index in [0.717, 1.165) is 0 Å². The first-order valence-corrected chi connectivity index (χ1v) is 5.21. The van der Waals surface area contributed by atoms with Gasteiger partial charge in [0.15, 0.2) is 0 Å². The molecule has 1 amide bonds. The van der Waals surface area contributed by atoms with Crippen molar-refractivity contribution in [3.63, 3.8) is 0 Å². The number of carboxylic acid groups (broad SMARTS) is 1. The Hall–Kier alpha value is 0.290. The monoisotopic (exact) mass is 240 g/mol. The second kappa shape index (κ2) is 4.65. The molecule has 0 bridgehead atoms. The van der Waals surface area contributed by atoms with Gasteiger partial charge in [0.25, 0.3) is 0 Å². The molecule has 0 saturated carbocycles. The van der Waals surface area contributed by atoms with Gasteiger partial charge in [-0.05, 0) is 27.7 Å². The van der Waals surface area contributed by atoms with Crippen LogP contribution in [0.2, 0.25) is 0 Å². The summed E-state index contributed by atoms with van der Waals surface area (Å²) in [6, 6.07) is -0.750. The molecule has 4 nitrogen and oxygen atoms in total. The Bertz CT molecular complexity index is 281. The SMILES string of the molecule is CC1(C)SC(C)(C)N(C=O)C1C(=O)O.[Na+]. The Labute approximate surface area is 116 Å². The zero-order valence-corrected chi connectivity index (χ0v) is 12.6. The number of carbonyl (C=O) groups excluding carboxylic acids is 1. The van der Waals surface area contributed by atoms with E-state index in [1.165, 1.54) is 16.7 Å². The van der Waals surface area contributed by atoms with Crippen LogP contribution >= 0.6 is 11.8 Å². The summed E-state index contributed by atoms with van der Waals surface area (Å²) in [5.41, 5.74) is 0. The molecule has 15 heavy (non-hydrogen) atoms. The number of amides is 1. The van der Waals surface area contributed by atoms with Crippen LogP contribution in [0.1, 0.15) is 27.7 Å². The van der Waals surface area contributed by atoms with Crippen molar-refractivity contribution in [1.82, 2.24) is 4.90 Å².